The highest BCUT2D eigenvalue weighted by Crippen LogP contribution is 2.31. The minimum Gasteiger partial charge on any atom is -0.0810 e. The van der Waals surface area contributed by atoms with E-state index in [1.807, 2.05) is 0 Å². The maximum absolute atomic E-state index is 2.30. The molecule has 0 nitrogen and oxygen atoms in total. The molecule has 4 aliphatic carbocycles. The van der Waals surface area contributed by atoms with Crippen molar-refractivity contribution in [3.05, 3.63) is 72.9 Å². The van der Waals surface area contributed by atoms with Crippen molar-refractivity contribution in [2.75, 3.05) is 0 Å². The third-order valence-electron chi connectivity index (χ3n) is 3.07. The summed E-state index contributed by atoms with van der Waals surface area (Å²) < 4.78 is 0. The van der Waals surface area contributed by atoms with Gasteiger partial charge in [-0.1, -0.05) is 72.9 Å². The molecule has 0 heteroatoms. The topological polar surface area (TPSA) is 0 Å². The Bertz CT molecular complexity index is 318. The molecule has 4 rings (SSSR count). The molecule has 0 atom stereocenters. The Kier molecular flexibility index (Phi) is 4.84. The van der Waals surface area contributed by atoms with Gasteiger partial charge in [-0.25, -0.2) is 0 Å². The monoisotopic (exact) mass is 224 g/mol. The second kappa shape index (κ2) is 6.90. The van der Waals surface area contributed by atoms with Crippen LogP contribution in [0.4, 0.5) is 0 Å². The minimum absolute atomic E-state index is 0.810. The maximum atomic E-state index is 2.30. The van der Waals surface area contributed by atoms with E-state index in [0.717, 1.165) is 24.7 Å². The number of hydrogen-bond donors (Lipinski definition) is 0. The van der Waals surface area contributed by atoms with E-state index in [1.54, 1.807) is 0 Å². The van der Waals surface area contributed by atoms with Gasteiger partial charge in [0.1, 0.15) is 0 Å². The minimum atomic E-state index is 0.810. The van der Waals surface area contributed by atoms with Crippen molar-refractivity contribution in [3.63, 3.8) is 0 Å². The maximum Gasteiger partial charge on any atom is -0.00445 e. The van der Waals surface area contributed by atoms with Gasteiger partial charge in [-0.3, -0.25) is 0 Å². The summed E-state index contributed by atoms with van der Waals surface area (Å²) in [6.07, 6.45) is 29.5. The molecule has 2 bridgehead atoms. The molecule has 0 spiro atoms. The summed E-state index contributed by atoms with van der Waals surface area (Å²) >= 11 is 0. The van der Waals surface area contributed by atoms with Crippen molar-refractivity contribution in [1.29, 1.82) is 0 Å². The molecule has 0 heterocycles. The summed E-state index contributed by atoms with van der Waals surface area (Å²) in [4.78, 5) is 0. The Morgan fingerprint density at radius 1 is 0.529 bits per heavy atom. The van der Waals surface area contributed by atoms with E-state index in [0.29, 0.717) is 0 Å². The molecule has 0 unspecified atom stereocenters. The molecule has 0 radical (unpaired) electrons. The summed E-state index contributed by atoms with van der Waals surface area (Å²) in [5, 5.41) is 0. The van der Waals surface area contributed by atoms with Crippen molar-refractivity contribution in [1.82, 2.24) is 0 Å². The Morgan fingerprint density at radius 2 is 0.882 bits per heavy atom. The molecule has 0 aliphatic heterocycles. The lowest BCUT2D eigenvalue weighted by Gasteiger charge is -1.88. The van der Waals surface area contributed by atoms with E-state index < -0.39 is 0 Å². The fraction of sp³-hybridized carbons (Fsp3) is 0.294. The second-order valence-corrected chi connectivity index (χ2v) is 4.52. The predicted octanol–water partition coefficient (Wildman–Crippen LogP) is 4.75. The van der Waals surface area contributed by atoms with Crippen LogP contribution in [0.2, 0.25) is 0 Å². The van der Waals surface area contributed by atoms with Crippen LogP contribution in [0.25, 0.3) is 0 Å². The van der Waals surface area contributed by atoms with Gasteiger partial charge in [0, 0.05) is 0 Å². The smallest absolute Gasteiger partial charge is 0.00445 e. The number of allylic oxidation sites excluding steroid dienone is 12. The first kappa shape index (κ1) is 11.9. The van der Waals surface area contributed by atoms with E-state index in [-0.39, 0.29) is 0 Å². The lowest BCUT2D eigenvalue weighted by Crippen LogP contribution is -1.79. The van der Waals surface area contributed by atoms with Crippen LogP contribution in [0.5, 0.6) is 0 Å². The number of rotatable bonds is 0. The zero-order chi connectivity index (χ0) is 11.8. The molecule has 17 heavy (non-hydrogen) atoms. The quantitative estimate of drug-likeness (QED) is 0.521. The van der Waals surface area contributed by atoms with E-state index in [2.05, 4.69) is 72.9 Å². The van der Waals surface area contributed by atoms with Crippen molar-refractivity contribution >= 4 is 0 Å². The summed E-state index contributed by atoms with van der Waals surface area (Å²) in [7, 11) is 0. The van der Waals surface area contributed by atoms with Gasteiger partial charge in [-0.2, -0.15) is 0 Å². The summed E-state index contributed by atoms with van der Waals surface area (Å²) in [5.74, 6) is 1.62. The summed E-state index contributed by atoms with van der Waals surface area (Å²) in [5.41, 5.74) is 0. The normalized spacial score (nSPS) is 28.2. The molecule has 0 amide bonds. The molecular weight excluding hydrogens is 204 g/mol. The van der Waals surface area contributed by atoms with E-state index in [4.69, 9.17) is 0 Å². The first-order chi connectivity index (χ1) is 8.45. The first-order valence-corrected chi connectivity index (χ1v) is 6.45. The standard InChI is InChI=1S/C7H8.2C5H6/c1-2-7-4-3-6(1)5-7;2*1-2-4-5-3-1/h1-4,6-7H,5H2;2*1-4H,5H2. The largest absolute Gasteiger partial charge is 0.0810 e. The van der Waals surface area contributed by atoms with Crippen LogP contribution in [0.3, 0.4) is 0 Å². The molecule has 0 aromatic heterocycles. The van der Waals surface area contributed by atoms with Crippen molar-refractivity contribution in [3.8, 4) is 0 Å². The average Bonchev–Trinajstić information content (AvgIpc) is 3.16. The van der Waals surface area contributed by atoms with Gasteiger partial charge in [-0.05, 0) is 31.1 Å². The molecule has 4 aliphatic rings. The van der Waals surface area contributed by atoms with E-state index in [1.165, 1.54) is 6.42 Å². The Balaban J connectivity index is 0.0000000980. The van der Waals surface area contributed by atoms with Crippen LogP contribution in [-0.2, 0) is 0 Å². The van der Waals surface area contributed by atoms with Crippen LogP contribution in [0.1, 0.15) is 19.3 Å². The summed E-state index contributed by atoms with van der Waals surface area (Å²) in [6.45, 7) is 0. The first-order valence-electron chi connectivity index (χ1n) is 6.45. The van der Waals surface area contributed by atoms with E-state index in [9.17, 15) is 0 Å². The fourth-order valence-corrected chi connectivity index (χ4v) is 2.11. The van der Waals surface area contributed by atoms with Gasteiger partial charge in [0.05, 0.1) is 0 Å². The van der Waals surface area contributed by atoms with Crippen LogP contribution < -0.4 is 0 Å². The lowest BCUT2D eigenvalue weighted by molar-refractivity contribution is 0.732. The van der Waals surface area contributed by atoms with Gasteiger partial charge < -0.3 is 0 Å². The SMILES string of the molecule is C1=CC2C=CC1C2.C1=CCC=C1.C1=CCC=C1. The van der Waals surface area contributed by atoms with E-state index >= 15 is 0 Å². The number of fused-ring (bicyclic) bond motifs is 2. The highest BCUT2D eigenvalue weighted by atomic mass is 14.2. The predicted molar refractivity (Wildman–Crippen MR) is 75.7 cm³/mol. The van der Waals surface area contributed by atoms with Crippen LogP contribution >= 0.6 is 0 Å². The van der Waals surface area contributed by atoms with Crippen LogP contribution in [0, 0.1) is 11.8 Å². The van der Waals surface area contributed by atoms with Crippen LogP contribution in [-0.4, -0.2) is 0 Å². The second-order valence-electron chi connectivity index (χ2n) is 4.52. The van der Waals surface area contributed by atoms with Gasteiger partial charge in [0.25, 0.3) is 0 Å². The fourth-order valence-electron chi connectivity index (χ4n) is 2.11. The zero-order valence-corrected chi connectivity index (χ0v) is 10.2. The highest BCUT2D eigenvalue weighted by molar-refractivity contribution is 5.21. The Labute approximate surface area is 104 Å². The van der Waals surface area contributed by atoms with Gasteiger partial charge >= 0.3 is 0 Å². The van der Waals surface area contributed by atoms with Crippen LogP contribution in [0.15, 0.2) is 72.9 Å². The Hall–Kier alpha value is -1.56. The third kappa shape index (κ3) is 4.44. The molecule has 0 aromatic rings. The molecule has 0 aromatic carbocycles. The molecule has 88 valence electrons. The molecular formula is C17H20. The zero-order valence-electron chi connectivity index (χ0n) is 10.2. The molecule has 0 fully saturated rings. The van der Waals surface area contributed by atoms with Crippen molar-refractivity contribution in [2.24, 2.45) is 11.8 Å². The lowest BCUT2D eigenvalue weighted by atomic mass is 10.2. The molecule has 0 saturated carbocycles. The van der Waals surface area contributed by atoms with Crippen molar-refractivity contribution in [2.45, 2.75) is 19.3 Å². The molecule has 0 saturated heterocycles. The number of hydrogen-bond acceptors (Lipinski definition) is 0. The average molecular weight is 224 g/mol. The van der Waals surface area contributed by atoms with Crippen molar-refractivity contribution < 1.29 is 0 Å². The van der Waals surface area contributed by atoms with Gasteiger partial charge in [-0.15, -0.1) is 0 Å². The highest BCUT2D eigenvalue weighted by Gasteiger charge is 2.19. The molecule has 0 N–H and O–H groups in total. The van der Waals surface area contributed by atoms with Gasteiger partial charge in [0.15, 0.2) is 0 Å². The Morgan fingerprint density at radius 3 is 1.00 bits per heavy atom. The summed E-state index contributed by atoms with van der Waals surface area (Å²) in [6, 6.07) is 0. The third-order valence-corrected chi connectivity index (χ3v) is 3.07. The van der Waals surface area contributed by atoms with Gasteiger partial charge in [0.2, 0.25) is 0 Å².